The van der Waals surface area contributed by atoms with Crippen LogP contribution >= 0.6 is 11.3 Å². The van der Waals surface area contributed by atoms with Crippen molar-refractivity contribution >= 4 is 21.4 Å². The van der Waals surface area contributed by atoms with E-state index in [-0.39, 0.29) is 0 Å². The molecule has 4 nitrogen and oxygen atoms in total. The maximum absolute atomic E-state index is 12.7. The number of sulfonamides is 1. The van der Waals surface area contributed by atoms with E-state index in [0.717, 1.165) is 37.8 Å². The highest BCUT2D eigenvalue weighted by molar-refractivity contribution is 7.91. The summed E-state index contributed by atoms with van der Waals surface area (Å²) in [6, 6.07) is 2.51. The molecule has 1 aromatic rings. The minimum Gasteiger partial charge on any atom is -0.310 e. The first kappa shape index (κ1) is 15.5. The van der Waals surface area contributed by atoms with E-state index in [0.29, 0.717) is 23.3 Å². The van der Waals surface area contributed by atoms with Gasteiger partial charge in [-0.3, -0.25) is 0 Å². The van der Waals surface area contributed by atoms with E-state index >= 15 is 0 Å². The first-order chi connectivity index (χ1) is 10.2. The molecule has 1 aromatic heterocycles. The van der Waals surface area contributed by atoms with Crippen molar-refractivity contribution in [2.45, 2.75) is 61.7 Å². The van der Waals surface area contributed by atoms with Crippen molar-refractivity contribution in [3.05, 3.63) is 17.0 Å². The molecule has 1 aliphatic heterocycles. The predicted molar refractivity (Wildman–Crippen MR) is 86.0 cm³/mol. The topological polar surface area (TPSA) is 49.4 Å². The molecule has 1 aliphatic carbocycles. The van der Waals surface area contributed by atoms with Crippen molar-refractivity contribution in [3.8, 4) is 0 Å². The van der Waals surface area contributed by atoms with Gasteiger partial charge in [-0.25, -0.2) is 8.42 Å². The van der Waals surface area contributed by atoms with E-state index in [1.807, 2.05) is 11.4 Å². The van der Waals surface area contributed by atoms with Crippen molar-refractivity contribution in [2.24, 2.45) is 0 Å². The number of hydrogen-bond acceptors (Lipinski definition) is 4. The molecule has 2 heterocycles. The molecule has 0 amide bonds. The summed E-state index contributed by atoms with van der Waals surface area (Å²) in [5, 5.41) is 5.41. The monoisotopic (exact) mass is 328 g/mol. The Hall–Kier alpha value is -0.430. The Bertz CT molecular complexity index is 556. The lowest BCUT2D eigenvalue weighted by molar-refractivity contribution is 0.365. The van der Waals surface area contributed by atoms with Gasteiger partial charge in [0, 0.05) is 25.7 Å². The van der Waals surface area contributed by atoms with Gasteiger partial charge in [-0.1, -0.05) is 19.3 Å². The van der Waals surface area contributed by atoms with Crippen LogP contribution in [0.1, 0.15) is 50.5 Å². The maximum Gasteiger partial charge on any atom is 0.252 e. The van der Waals surface area contributed by atoms with Crippen molar-refractivity contribution in [2.75, 3.05) is 13.1 Å². The first-order valence-electron chi connectivity index (χ1n) is 7.97. The van der Waals surface area contributed by atoms with E-state index in [1.165, 1.54) is 30.6 Å². The molecule has 1 N–H and O–H groups in total. The Morgan fingerprint density at radius 1 is 1.14 bits per heavy atom. The van der Waals surface area contributed by atoms with Crippen molar-refractivity contribution in [1.82, 2.24) is 9.62 Å². The Balaban J connectivity index is 1.67. The quantitative estimate of drug-likeness (QED) is 0.904. The average Bonchev–Trinajstić information content (AvgIpc) is 3.11. The van der Waals surface area contributed by atoms with Gasteiger partial charge >= 0.3 is 0 Å². The fourth-order valence-electron chi connectivity index (χ4n) is 2.72. The molecule has 2 aliphatic rings. The second kappa shape index (κ2) is 6.77. The highest BCUT2D eigenvalue weighted by Crippen LogP contribution is 2.26. The summed E-state index contributed by atoms with van der Waals surface area (Å²) in [5.74, 6) is 0. The summed E-state index contributed by atoms with van der Waals surface area (Å²) < 4.78 is 27.7. The molecule has 0 unspecified atom stereocenters. The number of rotatable bonds is 5. The molecule has 6 heteroatoms. The summed E-state index contributed by atoms with van der Waals surface area (Å²) in [6.07, 6.45) is 8.01. The van der Waals surface area contributed by atoms with Crippen LogP contribution in [0.25, 0.3) is 0 Å². The molecular formula is C15H24N2O2S2. The number of nitrogens with one attached hydrogen (secondary N) is 1. The third-order valence-electron chi connectivity index (χ3n) is 4.21. The van der Waals surface area contributed by atoms with E-state index in [1.54, 1.807) is 4.31 Å². The highest BCUT2D eigenvalue weighted by atomic mass is 32.2. The number of hydrogen-bond donors (Lipinski definition) is 1. The second-order valence-corrected chi connectivity index (χ2v) is 9.18. The Morgan fingerprint density at radius 3 is 2.48 bits per heavy atom. The smallest absolute Gasteiger partial charge is 0.252 e. The molecule has 0 bridgehead atoms. The number of thiophene rings is 1. The summed E-state index contributed by atoms with van der Waals surface area (Å²) in [6.45, 7) is 2.14. The summed E-state index contributed by atoms with van der Waals surface area (Å²) >= 11 is 1.36. The lowest BCUT2D eigenvalue weighted by Gasteiger charge is -2.23. The summed E-state index contributed by atoms with van der Waals surface area (Å²) in [4.78, 5) is 0. The Labute approximate surface area is 131 Å². The van der Waals surface area contributed by atoms with Gasteiger partial charge in [-0.2, -0.15) is 4.31 Å². The molecule has 118 valence electrons. The van der Waals surface area contributed by atoms with E-state index in [2.05, 4.69) is 5.32 Å². The third-order valence-corrected chi connectivity index (χ3v) is 7.57. The van der Waals surface area contributed by atoms with Crippen LogP contribution in [0.15, 0.2) is 15.7 Å². The van der Waals surface area contributed by atoms with E-state index < -0.39 is 10.0 Å². The lowest BCUT2D eigenvalue weighted by Crippen LogP contribution is -2.33. The van der Waals surface area contributed by atoms with Gasteiger partial charge in [-0.05, 0) is 42.7 Å². The lowest BCUT2D eigenvalue weighted by atomic mass is 10.1. The first-order valence-corrected chi connectivity index (χ1v) is 10.3. The van der Waals surface area contributed by atoms with Gasteiger partial charge < -0.3 is 5.32 Å². The second-order valence-electron chi connectivity index (χ2n) is 6.10. The van der Waals surface area contributed by atoms with Crippen LogP contribution in [0.3, 0.4) is 0 Å². The highest BCUT2D eigenvalue weighted by Gasteiger charge is 2.26. The van der Waals surface area contributed by atoms with Gasteiger partial charge in [0.1, 0.15) is 4.21 Å². The molecule has 0 radical (unpaired) electrons. The molecule has 1 saturated heterocycles. The molecule has 21 heavy (non-hydrogen) atoms. The minimum absolute atomic E-state index is 0.510. The van der Waals surface area contributed by atoms with Crippen LogP contribution < -0.4 is 5.32 Å². The van der Waals surface area contributed by atoms with Crippen molar-refractivity contribution < 1.29 is 8.42 Å². The fraction of sp³-hybridized carbons (Fsp3) is 0.733. The van der Waals surface area contributed by atoms with Gasteiger partial charge in [-0.15, -0.1) is 11.3 Å². The van der Waals surface area contributed by atoms with E-state index in [9.17, 15) is 8.42 Å². The molecule has 0 spiro atoms. The third kappa shape index (κ3) is 4.06. The zero-order valence-corrected chi connectivity index (χ0v) is 14.0. The summed E-state index contributed by atoms with van der Waals surface area (Å²) in [7, 11) is -3.28. The van der Waals surface area contributed by atoms with Crippen molar-refractivity contribution in [3.63, 3.8) is 0 Å². The van der Waals surface area contributed by atoms with Gasteiger partial charge in [0.2, 0.25) is 0 Å². The van der Waals surface area contributed by atoms with Crippen LogP contribution in [-0.2, 0) is 16.6 Å². The van der Waals surface area contributed by atoms with E-state index in [4.69, 9.17) is 0 Å². The molecule has 0 aromatic carbocycles. The van der Waals surface area contributed by atoms with Crippen LogP contribution in [0.2, 0.25) is 0 Å². The number of nitrogens with zero attached hydrogens (tertiary/aromatic N) is 1. The van der Waals surface area contributed by atoms with Crippen LogP contribution in [0.5, 0.6) is 0 Å². The maximum atomic E-state index is 12.7. The zero-order chi connectivity index (χ0) is 14.7. The summed E-state index contributed by atoms with van der Waals surface area (Å²) in [5.41, 5.74) is 1.09. The van der Waals surface area contributed by atoms with Crippen LogP contribution in [0, 0.1) is 0 Å². The van der Waals surface area contributed by atoms with Gasteiger partial charge in [0.25, 0.3) is 10.0 Å². The standard InChI is InChI=1S/C15H24N2O2S2/c18-21(19,17-8-4-2-1-3-5-9-17)15-10-13(12-20-15)11-16-14-6-7-14/h10,12,14,16H,1-9,11H2. The van der Waals surface area contributed by atoms with Crippen LogP contribution in [-0.4, -0.2) is 31.9 Å². The SMILES string of the molecule is O=S(=O)(c1cc(CNC2CC2)cs1)N1CCCCCCC1. The zero-order valence-electron chi connectivity index (χ0n) is 12.4. The Kier molecular flexibility index (Phi) is 4.99. The fourth-order valence-corrected chi connectivity index (χ4v) is 5.60. The normalized spacial score (nSPS) is 21.9. The molecular weight excluding hydrogens is 304 g/mol. The molecule has 2 fully saturated rings. The van der Waals surface area contributed by atoms with Crippen molar-refractivity contribution in [1.29, 1.82) is 0 Å². The minimum atomic E-state index is -3.28. The molecule has 0 atom stereocenters. The Morgan fingerprint density at radius 2 is 1.81 bits per heavy atom. The predicted octanol–water partition coefficient (Wildman–Crippen LogP) is 2.95. The molecule has 3 rings (SSSR count). The van der Waals surface area contributed by atoms with Gasteiger partial charge in [0.15, 0.2) is 0 Å². The van der Waals surface area contributed by atoms with Crippen LogP contribution in [0.4, 0.5) is 0 Å². The molecule has 1 saturated carbocycles. The largest absolute Gasteiger partial charge is 0.310 e. The average molecular weight is 329 g/mol. The van der Waals surface area contributed by atoms with Gasteiger partial charge in [0.05, 0.1) is 0 Å².